The van der Waals surface area contributed by atoms with Crippen molar-refractivity contribution in [3.63, 3.8) is 0 Å². The summed E-state index contributed by atoms with van der Waals surface area (Å²) >= 11 is 1.27. The van der Waals surface area contributed by atoms with Gasteiger partial charge in [-0.15, -0.1) is 6.58 Å². The van der Waals surface area contributed by atoms with Crippen molar-refractivity contribution < 1.29 is 9.13 Å². The van der Waals surface area contributed by atoms with E-state index in [-0.39, 0.29) is 10.9 Å². The van der Waals surface area contributed by atoms with Crippen molar-refractivity contribution in [2.45, 2.75) is 6.92 Å². The van der Waals surface area contributed by atoms with E-state index in [9.17, 15) is 4.39 Å². The lowest BCUT2D eigenvalue weighted by molar-refractivity contribution is 0.410. The minimum absolute atomic E-state index is 0.103. The molecule has 0 fully saturated rings. The van der Waals surface area contributed by atoms with Gasteiger partial charge in [0.05, 0.1) is 7.11 Å². The average Bonchev–Trinajstić information content (AvgIpc) is 2.93. The number of nitrogens with zero attached hydrogens (tertiary/aromatic N) is 4. The highest BCUT2D eigenvalue weighted by Gasteiger charge is 2.13. The van der Waals surface area contributed by atoms with Crippen LogP contribution in [0, 0.1) is 12.7 Å². The number of benzene rings is 1. The largest absolute Gasteiger partial charge is 0.494 e. The fourth-order valence-corrected chi connectivity index (χ4v) is 2.17. The number of aryl methyl sites for hydroxylation is 1. The molecule has 0 aliphatic carbocycles. The molecule has 0 aliphatic heterocycles. The van der Waals surface area contributed by atoms with E-state index in [0.717, 1.165) is 0 Å². The number of aliphatic imine (C=N–C) groups is 1. The maximum Gasteiger partial charge on any atom is 0.159 e. The lowest BCUT2D eigenvalue weighted by Gasteiger charge is -2.10. The van der Waals surface area contributed by atoms with E-state index in [1.807, 2.05) is 0 Å². The molecule has 1 aromatic heterocycles. The van der Waals surface area contributed by atoms with Gasteiger partial charge in [-0.25, -0.2) is 19.0 Å². The number of amidine groups is 1. The molecule has 0 atom stereocenters. The van der Waals surface area contributed by atoms with Crippen molar-refractivity contribution in [1.29, 1.82) is 0 Å². The summed E-state index contributed by atoms with van der Waals surface area (Å²) in [6, 6.07) is 2.76. The van der Waals surface area contributed by atoms with Crippen molar-refractivity contribution in [3.8, 4) is 11.4 Å². The molecule has 2 N–H and O–H groups in total. The summed E-state index contributed by atoms with van der Waals surface area (Å²) in [5, 5.41) is 4.40. The maximum atomic E-state index is 14.2. The van der Waals surface area contributed by atoms with Gasteiger partial charge in [-0.3, -0.25) is 0 Å². The van der Waals surface area contributed by atoms with Gasteiger partial charge in [-0.1, -0.05) is 17.8 Å². The molecule has 8 heteroatoms. The first-order chi connectivity index (χ1) is 10.5. The lowest BCUT2D eigenvalue weighted by atomic mass is 10.2. The SMILES string of the molecule is C=CCSC(N)=Nc1cc(OC)c(-n2cnc(C)n2)cc1F. The predicted octanol–water partition coefficient (Wildman–Crippen LogP) is 2.59. The standard InChI is InChI=1S/C14H16FN5OS/c1-4-5-22-14(16)18-11-7-13(21-3)12(6-10(11)15)20-8-17-9(2)19-20/h4,6-8H,1,5H2,2-3H3,(H2,16,18). The second kappa shape index (κ2) is 7.08. The number of thioether (sulfide) groups is 1. The second-order valence-electron chi connectivity index (χ2n) is 4.26. The third kappa shape index (κ3) is 3.64. The molecule has 1 aromatic carbocycles. The summed E-state index contributed by atoms with van der Waals surface area (Å²) in [5.74, 6) is 1.08. The molecule has 0 radical (unpaired) electrons. The van der Waals surface area contributed by atoms with Crippen LogP contribution in [0.25, 0.3) is 5.69 Å². The molecule has 116 valence electrons. The molecule has 0 saturated heterocycles. The minimum atomic E-state index is -0.522. The number of ether oxygens (including phenoxy) is 1. The van der Waals surface area contributed by atoms with Crippen LogP contribution in [0.1, 0.15) is 5.82 Å². The van der Waals surface area contributed by atoms with Gasteiger partial charge in [-0.2, -0.15) is 5.10 Å². The Balaban J connectivity index is 2.41. The van der Waals surface area contributed by atoms with Crippen molar-refractivity contribution in [2.75, 3.05) is 12.9 Å². The number of hydrogen-bond acceptors (Lipinski definition) is 5. The summed E-state index contributed by atoms with van der Waals surface area (Å²) < 4.78 is 21.0. The van der Waals surface area contributed by atoms with Crippen LogP contribution in [0.4, 0.5) is 10.1 Å². The summed E-state index contributed by atoms with van der Waals surface area (Å²) in [7, 11) is 1.49. The minimum Gasteiger partial charge on any atom is -0.494 e. The second-order valence-corrected chi connectivity index (χ2v) is 5.30. The normalized spacial score (nSPS) is 11.5. The van der Waals surface area contributed by atoms with Gasteiger partial charge < -0.3 is 10.5 Å². The van der Waals surface area contributed by atoms with Crippen molar-refractivity contribution >= 4 is 22.6 Å². The Labute approximate surface area is 131 Å². The number of aromatic nitrogens is 3. The first-order valence-corrected chi connectivity index (χ1v) is 7.37. The fraction of sp³-hybridized carbons (Fsp3) is 0.214. The van der Waals surface area contributed by atoms with Gasteiger partial charge in [0.1, 0.15) is 29.3 Å². The Morgan fingerprint density at radius 3 is 2.95 bits per heavy atom. The fourth-order valence-electron chi connectivity index (χ4n) is 1.72. The van der Waals surface area contributed by atoms with Crippen LogP contribution in [-0.2, 0) is 0 Å². The summed E-state index contributed by atoms with van der Waals surface area (Å²) in [6.07, 6.45) is 3.18. The third-order valence-corrected chi connectivity index (χ3v) is 3.47. The van der Waals surface area contributed by atoms with Gasteiger partial charge in [0.15, 0.2) is 11.0 Å². The van der Waals surface area contributed by atoms with Crippen LogP contribution in [0.2, 0.25) is 0 Å². The van der Waals surface area contributed by atoms with E-state index in [1.54, 1.807) is 13.0 Å². The van der Waals surface area contributed by atoms with Crippen LogP contribution in [0.3, 0.4) is 0 Å². The van der Waals surface area contributed by atoms with E-state index in [2.05, 4.69) is 21.7 Å². The summed E-state index contributed by atoms with van der Waals surface area (Å²) in [5.41, 5.74) is 6.28. The van der Waals surface area contributed by atoms with Crippen LogP contribution < -0.4 is 10.5 Å². The first kappa shape index (κ1) is 16.0. The number of methoxy groups -OCH3 is 1. The Morgan fingerprint density at radius 2 is 2.36 bits per heavy atom. The van der Waals surface area contributed by atoms with Gasteiger partial charge >= 0.3 is 0 Å². The molecule has 1 heterocycles. The van der Waals surface area contributed by atoms with Crippen LogP contribution >= 0.6 is 11.8 Å². The monoisotopic (exact) mass is 321 g/mol. The van der Waals surface area contributed by atoms with Crippen LogP contribution in [0.5, 0.6) is 5.75 Å². The Hall–Kier alpha value is -2.35. The van der Waals surface area contributed by atoms with Crippen molar-refractivity contribution in [2.24, 2.45) is 10.7 Å². The maximum absolute atomic E-state index is 14.2. The van der Waals surface area contributed by atoms with E-state index >= 15 is 0 Å². The molecule has 0 amide bonds. The molecule has 2 aromatic rings. The molecule has 2 rings (SSSR count). The van der Waals surface area contributed by atoms with Gasteiger partial charge in [-0.05, 0) is 6.92 Å². The summed E-state index contributed by atoms with van der Waals surface area (Å²) in [6.45, 7) is 5.34. The van der Waals surface area contributed by atoms with E-state index in [0.29, 0.717) is 23.0 Å². The predicted molar refractivity (Wildman–Crippen MR) is 86.5 cm³/mol. The topological polar surface area (TPSA) is 78.3 Å². The zero-order valence-electron chi connectivity index (χ0n) is 12.3. The molecule has 6 nitrogen and oxygen atoms in total. The molecule has 0 unspecified atom stereocenters. The van der Waals surface area contributed by atoms with E-state index in [4.69, 9.17) is 10.5 Å². The van der Waals surface area contributed by atoms with Gasteiger partial charge in [0, 0.05) is 17.9 Å². The smallest absolute Gasteiger partial charge is 0.159 e. The Bertz CT molecular complexity index is 713. The Kier molecular flexibility index (Phi) is 5.16. The zero-order chi connectivity index (χ0) is 16.1. The molecule has 0 aliphatic rings. The average molecular weight is 321 g/mol. The first-order valence-electron chi connectivity index (χ1n) is 6.39. The highest BCUT2D eigenvalue weighted by Crippen LogP contribution is 2.31. The van der Waals surface area contributed by atoms with Crippen LogP contribution in [-0.4, -0.2) is 32.8 Å². The van der Waals surface area contributed by atoms with Crippen molar-refractivity contribution in [3.05, 3.63) is 42.8 Å². The molecular formula is C14H16FN5OS. The lowest BCUT2D eigenvalue weighted by Crippen LogP contribution is -2.06. The van der Waals surface area contributed by atoms with Crippen LogP contribution in [0.15, 0.2) is 36.1 Å². The molecule has 0 saturated carbocycles. The summed E-state index contributed by atoms with van der Waals surface area (Å²) in [4.78, 5) is 8.07. The van der Waals surface area contributed by atoms with E-state index in [1.165, 1.54) is 42.0 Å². The van der Waals surface area contributed by atoms with Gasteiger partial charge in [0.2, 0.25) is 0 Å². The quantitative estimate of drug-likeness (QED) is 0.520. The zero-order valence-corrected chi connectivity index (χ0v) is 13.1. The number of hydrogen-bond donors (Lipinski definition) is 1. The number of nitrogens with two attached hydrogens (primary N) is 1. The number of rotatable bonds is 5. The molecular weight excluding hydrogens is 305 g/mol. The van der Waals surface area contributed by atoms with Crippen molar-refractivity contribution in [1.82, 2.24) is 14.8 Å². The highest BCUT2D eigenvalue weighted by molar-refractivity contribution is 8.13. The molecule has 0 bridgehead atoms. The van der Waals surface area contributed by atoms with E-state index < -0.39 is 5.82 Å². The third-order valence-electron chi connectivity index (χ3n) is 2.68. The highest BCUT2D eigenvalue weighted by atomic mass is 32.2. The van der Waals surface area contributed by atoms with Gasteiger partial charge in [0.25, 0.3) is 0 Å². The molecule has 0 spiro atoms. The Morgan fingerprint density at radius 1 is 1.59 bits per heavy atom. The number of halogens is 1. The molecule has 22 heavy (non-hydrogen) atoms.